The molecule has 1 aromatic carbocycles. The Kier molecular flexibility index (Phi) is 5.66. The Morgan fingerprint density at radius 2 is 2.11 bits per heavy atom. The fourth-order valence-electron chi connectivity index (χ4n) is 2.53. The molecule has 3 aromatic rings. The van der Waals surface area contributed by atoms with Crippen LogP contribution in [-0.4, -0.2) is 33.6 Å². The molecule has 0 bridgehead atoms. The Hall–Kier alpha value is -3.00. The maximum Gasteiger partial charge on any atom is 0.310 e. The Balaban J connectivity index is 1.63. The molecule has 27 heavy (non-hydrogen) atoms. The summed E-state index contributed by atoms with van der Waals surface area (Å²) < 4.78 is 12.3. The highest BCUT2D eigenvalue weighted by Gasteiger charge is 2.14. The van der Waals surface area contributed by atoms with Gasteiger partial charge in [-0.1, -0.05) is 0 Å². The summed E-state index contributed by atoms with van der Waals surface area (Å²) in [7, 11) is 3.36. The molecule has 0 saturated heterocycles. The fraction of sp³-hybridized carbons (Fsp3) is 0.263. The quantitative estimate of drug-likeness (QED) is 0.459. The summed E-state index contributed by atoms with van der Waals surface area (Å²) in [4.78, 5) is 28.2. The van der Waals surface area contributed by atoms with Crippen molar-refractivity contribution in [2.24, 2.45) is 7.05 Å². The van der Waals surface area contributed by atoms with E-state index in [2.05, 4.69) is 10.1 Å². The molecule has 0 unspecified atom stereocenters. The Morgan fingerprint density at radius 3 is 2.78 bits per heavy atom. The monoisotopic (exact) mass is 385 g/mol. The number of nitrogens with zero attached hydrogens (tertiary/aromatic N) is 3. The third-order valence-corrected chi connectivity index (χ3v) is 4.85. The van der Waals surface area contributed by atoms with E-state index in [1.54, 1.807) is 29.1 Å². The number of rotatable bonds is 7. The van der Waals surface area contributed by atoms with Crippen molar-refractivity contribution in [3.8, 4) is 16.3 Å². The zero-order chi connectivity index (χ0) is 19.4. The highest BCUT2D eigenvalue weighted by atomic mass is 32.1. The van der Waals surface area contributed by atoms with Gasteiger partial charge in [0.2, 0.25) is 0 Å². The smallest absolute Gasteiger partial charge is 0.310 e. The molecule has 0 N–H and O–H groups in total. The van der Waals surface area contributed by atoms with Gasteiger partial charge in [0.05, 0.1) is 25.4 Å². The summed E-state index contributed by atoms with van der Waals surface area (Å²) in [5.41, 5.74) is 2.74. The van der Waals surface area contributed by atoms with Crippen molar-refractivity contribution in [3.05, 3.63) is 52.8 Å². The van der Waals surface area contributed by atoms with Crippen LogP contribution < -0.4 is 4.74 Å². The van der Waals surface area contributed by atoms with Crippen molar-refractivity contribution in [2.45, 2.75) is 20.0 Å². The van der Waals surface area contributed by atoms with Crippen molar-refractivity contribution in [1.29, 1.82) is 0 Å². The van der Waals surface area contributed by atoms with Crippen LogP contribution in [0.25, 0.3) is 10.6 Å². The van der Waals surface area contributed by atoms with Gasteiger partial charge in [0.15, 0.2) is 5.78 Å². The van der Waals surface area contributed by atoms with Gasteiger partial charge in [-0.25, -0.2) is 4.98 Å². The molecule has 0 spiro atoms. The van der Waals surface area contributed by atoms with Crippen molar-refractivity contribution in [3.63, 3.8) is 0 Å². The molecule has 7 nitrogen and oxygen atoms in total. The zero-order valence-electron chi connectivity index (χ0n) is 15.3. The first-order valence-corrected chi connectivity index (χ1v) is 9.11. The lowest BCUT2D eigenvalue weighted by atomic mass is 10.0. The number of aryl methyl sites for hydroxylation is 1. The van der Waals surface area contributed by atoms with Gasteiger partial charge in [-0.15, -0.1) is 11.3 Å². The molecule has 0 aliphatic rings. The molecule has 0 saturated carbocycles. The van der Waals surface area contributed by atoms with Gasteiger partial charge < -0.3 is 9.47 Å². The molecule has 0 fully saturated rings. The highest BCUT2D eigenvalue weighted by Crippen LogP contribution is 2.24. The first-order chi connectivity index (χ1) is 13.0. The zero-order valence-corrected chi connectivity index (χ0v) is 16.1. The van der Waals surface area contributed by atoms with Gasteiger partial charge in [-0.05, 0) is 25.1 Å². The van der Waals surface area contributed by atoms with Gasteiger partial charge in [-0.2, -0.15) is 5.10 Å². The molecular weight excluding hydrogens is 366 g/mol. The second-order valence-corrected chi connectivity index (χ2v) is 6.83. The second kappa shape index (κ2) is 8.13. The first kappa shape index (κ1) is 18.8. The number of aromatic nitrogens is 3. The Morgan fingerprint density at radius 1 is 1.30 bits per heavy atom. The minimum Gasteiger partial charge on any atom is -0.496 e. The molecule has 140 valence electrons. The number of Topliss-reactive ketones (excluding diaryl/α,β-unsaturated/α-hetero) is 1. The molecule has 3 rings (SSSR count). The predicted octanol–water partition coefficient (Wildman–Crippen LogP) is 3.04. The summed E-state index contributed by atoms with van der Waals surface area (Å²) in [6, 6.07) is 5.01. The number of methoxy groups -OCH3 is 1. The van der Waals surface area contributed by atoms with E-state index in [1.165, 1.54) is 25.4 Å². The summed E-state index contributed by atoms with van der Waals surface area (Å²) in [6.45, 7) is 1.57. The number of ketones is 1. The number of thiazole rings is 1. The van der Waals surface area contributed by atoms with Gasteiger partial charge in [-0.3, -0.25) is 14.3 Å². The number of carbonyl (C=O) groups is 2. The third-order valence-electron chi connectivity index (χ3n) is 3.91. The van der Waals surface area contributed by atoms with Crippen LogP contribution in [0.5, 0.6) is 5.75 Å². The molecule has 0 radical (unpaired) electrons. The predicted molar refractivity (Wildman–Crippen MR) is 101 cm³/mol. The average molecular weight is 385 g/mol. The van der Waals surface area contributed by atoms with Gasteiger partial charge >= 0.3 is 5.97 Å². The van der Waals surface area contributed by atoms with Crippen LogP contribution in [0, 0.1) is 0 Å². The van der Waals surface area contributed by atoms with E-state index in [0.717, 1.165) is 10.6 Å². The first-order valence-electron chi connectivity index (χ1n) is 8.23. The van der Waals surface area contributed by atoms with Crippen LogP contribution in [0.3, 0.4) is 0 Å². The molecular formula is C19H19N3O4S. The number of carbonyl (C=O) groups excluding carboxylic acids is 2. The molecule has 0 atom stereocenters. The van der Waals surface area contributed by atoms with E-state index >= 15 is 0 Å². The van der Waals surface area contributed by atoms with Crippen LogP contribution in [0.1, 0.15) is 28.5 Å². The molecule has 2 aromatic heterocycles. The maximum absolute atomic E-state index is 12.2. The van der Waals surface area contributed by atoms with Crippen molar-refractivity contribution in [1.82, 2.24) is 14.8 Å². The van der Waals surface area contributed by atoms with Crippen molar-refractivity contribution >= 4 is 23.1 Å². The van der Waals surface area contributed by atoms with Crippen LogP contribution in [0.4, 0.5) is 0 Å². The van der Waals surface area contributed by atoms with E-state index in [0.29, 0.717) is 22.6 Å². The lowest BCUT2D eigenvalue weighted by Gasteiger charge is -2.09. The summed E-state index contributed by atoms with van der Waals surface area (Å²) in [6.07, 6.45) is 3.63. The number of ether oxygens (including phenoxy) is 2. The average Bonchev–Trinajstić information content (AvgIpc) is 3.28. The van der Waals surface area contributed by atoms with E-state index in [4.69, 9.17) is 9.47 Å². The lowest BCUT2D eigenvalue weighted by Crippen LogP contribution is -2.10. The van der Waals surface area contributed by atoms with Gasteiger partial charge in [0, 0.05) is 35.3 Å². The van der Waals surface area contributed by atoms with Gasteiger partial charge in [0.1, 0.15) is 17.4 Å². The third kappa shape index (κ3) is 4.59. The number of esters is 1. The lowest BCUT2D eigenvalue weighted by molar-refractivity contribution is -0.144. The largest absolute Gasteiger partial charge is 0.496 e. The topological polar surface area (TPSA) is 83.3 Å². The molecule has 2 heterocycles. The van der Waals surface area contributed by atoms with E-state index in [9.17, 15) is 9.59 Å². The SMILES string of the molecule is COc1ccc(C(C)=O)cc1CC(=O)OCc1csc(-c2cnn(C)c2)n1. The Labute approximate surface area is 160 Å². The number of hydrogen-bond donors (Lipinski definition) is 0. The standard InChI is InChI=1S/C19H19N3O4S/c1-12(23)13-4-5-17(25-3)14(6-13)7-18(24)26-10-16-11-27-19(21-16)15-8-20-22(2)9-15/h4-6,8-9,11H,7,10H2,1-3H3. The van der Waals surface area contributed by atoms with E-state index in [-0.39, 0.29) is 18.8 Å². The number of hydrogen-bond acceptors (Lipinski definition) is 7. The highest BCUT2D eigenvalue weighted by molar-refractivity contribution is 7.13. The fourth-order valence-corrected chi connectivity index (χ4v) is 3.31. The molecule has 0 aliphatic heterocycles. The van der Waals surface area contributed by atoms with Gasteiger partial charge in [0.25, 0.3) is 0 Å². The van der Waals surface area contributed by atoms with Crippen LogP contribution in [0.15, 0.2) is 36.0 Å². The van der Waals surface area contributed by atoms with E-state index in [1.807, 2.05) is 18.6 Å². The Bertz CT molecular complexity index is 977. The molecule has 8 heteroatoms. The normalized spacial score (nSPS) is 10.6. The summed E-state index contributed by atoms with van der Waals surface area (Å²) in [5, 5.41) is 6.80. The molecule has 0 amide bonds. The summed E-state index contributed by atoms with van der Waals surface area (Å²) >= 11 is 1.47. The van der Waals surface area contributed by atoms with E-state index < -0.39 is 5.97 Å². The minimum atomic E-state index is -0.412. The van der Waals surface area contributed by atoms with Crippen LogP contribution in [0.2, 0.25) is 0 Å². The molecule has 0 aliphatic carbocycles. The van der Waals surface area contributed by atoms with Crippen molar-refractivity contribution in [2.75, 3.05) is 7.11 Å². The maximum atomic E-state index is 12.2. The van der Waals surface area contributed by atoms with Crippen molar-refractivity contribution < 1.29 is 19.1 Å². The minimum absolute atomic E-state index is 0.0178. The summed E-state index contributed by atoms with van der Waals surface area (Å²) in [5.74, 6) is 0.0621. The number of benzene rings is 1. The van der Waals surface area contributed by atoms with Crippen LogP contribution >= 0.6 is 11.3 Å². The second-order valence-electron chi connectivity index (χ2n) is 5.97. The van der Waals surface area contributed by atoms with Crippen LogP contribution in [-0.2, 0) is 29.6 Å².